The number of nitrogens with one attached hydrogen (secondary N) is 1. The van der Waals surface area contributed by atoms with Crippen molar-refractivity contribution in [3.05, 3.63) is 71.4 Å². The number of anilines is 1. The summed E-state index contributed by atoms with van der Waals surface area (Å²) in [5, 5.41) is 14.5. The topological polar surface area (TPSA) is 65.5 Å². The first-order chi connectivity index (χ1) is 15.2. The van der Waals surface area contributed by atoms with Gasteiger partial charge in [0.15, 0.2) is 0 Å². The standard InChI is InChI=1S/C26H27N3O2/c1-19-7-4-10-21-13-15-28-25(24(19)21)29(23-12-6-14-27-18-23)26(31)22-11-5-9-20(17-22)8-2-3-16-30/h4-5,7,9-11,13,15,17,23,27,30H,3,6,12,14,16,18H2,1H3/t23-/m1/s1. The maximum absolute atomic E-state index is 13.9. The van der Waals surface area contributed by atoms with Gasteiger partial charge in [-0.05, 0) is 61.5 Å². The molecule has 1 aliphatic rings. The van der Waals surface area contributed by atoms with Crippen LogP contribution in [0.2, 0.25) is 0 Å². The second-order valence-electron chi connectivity index (χ2n) is 7.84. The predicted molar refractivity (Wildman–Crippen MR) is 124 cm³/mol. The van der Waals surface area contributed by atoms with Crippen LogP contribution in [-0.2, 0) is 0 Å². The van der Waals surface area contributed by atoms with Crippen LogP contribution in [-0.4, -0.2) is 41.7 Å². The zero-order chi connectivity index (χ0) is 21.6. The number of rotatable bonds is 4. The number of hydrogen-bond donors (Lipinski definition) is 2. The highest BCUT2D eigenvalue weighted by Crippen LogP contribution is 2.31. The van der Waals surface area contributed by atoms with Crippen molar-refractivity contribution in [3.63, 3.8) is 0 Å². The van der Waals surface area contributed by atoms with Gasteiger partial charge in [-0.25, -0.2) is 4.98 Å². The molecule has 0 radical (unpaired) electrons. The zero-order valence-electron chi connectivity index (χ0n) is 17.8. The molecule has 0 aliphatic carbocycles. The lowest BCUT2D eigenvalue weighted by Crippen LogP contribution is -2.49. The molecule has 0 saturated carbocycles. The van der Waals surface area contributed by atoms with Crippen molar-refractivity contribution in [2.24, 2.45) is 0 Å². The van der Waals surface area contributed by atoms with E-state index in [1.165, 1.54) is 0 Å². The minimum atomic E-state index is -0.0669. The molecule has 1 saturated heterocycles. The Morgan fingerprint density at radius 3 is 2.94 bits per heavy atom. The molecule has 5 heteroatoms. The van der Waals surface area contributed by atoms with E-state index in [9.17, 15) is 4.79 Å². The van der Waals surface area contributed by atoms with Crippen molar-refractivity contribution < 1.29 is 9.90 Å². The molecule has 1 aliphatic heterocycles. The van der Waals surface area contributed by atoms with Crippen LogP contribution in [0.25, 0.3) is 10.8 Å². The summed E-state index contributed by atoms with van der Waals surface area (Å²) in [4.78, 5) is 20.4. The molecule has 3 aromatic rings. The molecular weight excluding hydrogens is 386 g/mol. The summed E-state index contributed by atoms with van der Waals surface area (Å²) in [5.41, 5.74) is 2.46. The van der Waals surface area contributed by atoms with Crippen molar-refractivity contribution in [1.82, 2.24) is 10.3 Å². The van der Waals surface area contributed by atoms with Crippen LogP contribution in [0.5, 0.6) is 0 Å². The lowest BCUT2D eigenvalue weighted by Gasteiger charge is -2.35. The molecule has 1 amide bonds. The summed E-state index contributed by atoms with van der Waals surface area (Å²) in [6.45, 7) is 3.80. The molecule has 158 valence electrons. The van der Waals surface area contributed by atoms with Gasteiger partial charge in [-0.2, -0.15) is 0 Å². The fourth-order valence-electron chi connectivity index (χ4n) is 4.15. The number of hydrogen-bond acceptors (Lipinski definition) is 4. The number of fused-ring (bicyclic) bond motifs is 1. The molecule has 2 N–H and O–H groups in total. The van der Waals surface area contributed by atoms with Gasteiger partial charge in [0, 0.05) is 35.7 Å². The number of carbonyl (C=O) groups excluding carboxylic acids is 1. The summed E-state index contributed by atoms with van der Waals surface area (Å²) in [6, 6.07) is 15.6. The number of pyridine rings is 1. The highest BCUT2D eigenvalue weighted by atomic mass is 16.2. The lowest BCUT2D eigenvalue weighted by atomic mass is 10.0. The van der Waals surface area contributed by atoms with Gasteiger partial charge < -0.3 is 10.4 Å². The Balaban J connectivity index is 1.80. The third-order valence-corrected chi connectivity index (χ3v) is 5.64. The van der Waals surface area contributed by atoms with E-state index in [0.29, 0.717) is 17.8 Å². The fraction of sp³-hybridized carbons (Fsp3) is 0.308. The number of aliphatic hydroxyl groups excluding tert-OH is 1. The summed E-state index contributed by atoms with van der Waals surface area (Å²) >= 11 is 0. The molecule has 31 heavy (non-hydrogen) atoms. The normalized spacial score (nSPS) is 15.9. The number of aliphatic hydroxyl groups is 1. The van der Waals surface area contributed by atoms with E-state index in [4.69, 9.17) is 10.1 Å². The quantitative estimate of drug-likeness (QED) is 0.641. The molecule has 5 nitrogen and oxygen atoms in total. The second kappa shape index (κ2) is 9.74. The van der Waals surface area contributed by atoms with Crippen molar-refractivity contribution in [3.8, 4) is 11.8 Å². The van der Waals surface area contributed by atoms with Gasteiger partial charge in [0.25, 0.3) is 5.91 Å². The van der Waals surface area contributed by atoms with E-state index >= 15 is 0 Å². The van der Waals surface area contributed by atoms with Crippen molar-refractivity contribution in [2.75, 3.05) is 24.6 Å². The van der Waals surface area contributed by atoms with E-state index in [-0.39, 0.29) is 18.6 Å². The number of piperidine rings is 1. The Labute approximate surface area is 183 Å². The fourth-order valence-corrected chi connectivity index (χ4v) is 4.15. The summed E-state index contributed by atoms with van der Waals surface area (Å²) < 4.78 is 0. The average Bonchev–Trinajstić information content (AvgIpc) is 2.80. The Bertz CT molecular complexity index is 1130. The van der Waals surface area contributed by atoms with Crippen molar-refractivity contribution in [1.29, 1.82) is 0 Å². The van der Waals surface area contributed by atoms with E-state index in [0.717, 1.165) is 47.8 Å². The van der Waals surface area contributed by atoms with Crippen LogP contribution in [0.4, 0.5) is 5.82 Å². The van der Waals surface area contributed by atoms with E-state index in [2.05, 4.69) is 36.2 Å². The van der Waals surface area contributed by atoms with Crippen molar-refractivity contribution in [2.45, 2.75) is 32.2 Å². The molecule has 1 atom stereocenters. The SMILES string of the molecule is Cc1cccc2ccnc(N(C(=O)c3cccc(C#CCCO)c3)[C@@H]3CCCNC3)c12. The molecule has 0 spiro atoms. The van der Waals surface area contributed by atoms with Crippen LogP contribution in [0.15, 0.2) is 54.7 Å². The van der Waals surface area contributed by atoms with Gasteiger partial charge in [-0.15, -0.1) is 0 Å². The molecular formula is C26H27N3O2. The van der Waals surface area contributed by atoms with Gasteiger partial charge in [-0.1, -0.05) is 36.1 Å². The zero-order valence-corrected chi connectivity index (χ0v) is 17.8. The Morgan fingerprint density at radius 1 is 1.26 bits per heavy atom. The Hall–Kier alpha value is -3.20. The first-order valence-corrected chi connectivity index (χ1v) is 10.8. The van der Waals surface area contributed by atoms with Gasteiger partial charge in [0.1, 0.15) is 5.82 Å². The van der Waals surface area contributed by atoms with Crippen LogP contribution in [0, 0.1) is 18.8 Å². The monoisotopic (exact) mass is 413 g/mol. The number of benzene rings is 2. The first kappa shape index (κ1) is 21.0. The highest BCUT2D eigenvalue weighted by molar-refractivity contribution is 6.10. The van der Waals surface area contributed by atoms with Gasteiger partial charge in [-0.3, -0.25) is 9.69 Å². The molecule has 2 heterocycles. The Kier molecular flexibility index (Phi) is 6.61. The van der Waals surface area contributed by atoms with Crippen LogP contribution in [0.1, 0.15) is 40.7 Å². The second-order valence-corrected chi connectivity index (χ2v) is 7.84. The van der Waals surface area contributed by atoms with E-state index in [1.54, 1.807) is 6.20 Å². The van der Waals surface area contributed by atoms with E-state index in [1.807, 2.05) is 41.3 Å². The number of carbonyl (C=O) groups is 1. The van der Waals surface area contributed by atoms with Gasteiger partial charge in [0.05, 0.1) is 12.6 Å². The molecule has 1 aromatic heterocycles. The molecule has 0 unspecified atom stereocenters. The number of nitrogens with zero attached hydrogens (tertiary/aromatic N) is 2. The minimum absolute atomic E-state index is 0.0280. The van der Waals surface area contributed by atoms with Crippen LogP contribution >= 0.6 is 0 Å². The summed E-state index contributed by atoms with van der Waals surface area (Å²) in [6.07, 6.45) is 4.14. The molecule has 0 bridgehead atoms. The maximum atomic E-state index is 13.9. The van der Waals surface area contributed by atoms with Crippen molar-refractivity contribution >= 4 is 22.5 Å². The lowest BCUT2D eigenvalue weighted by molar-refractivity contribution is 0.0971. The third-order valence-electron chi connectivity index (χ3n) is 5.64. The summed E-state index contributed by atoms with van der Waals surface area (Å²) in [7, 11) is 0. The smallest absolute Gasteiger partial charge is 0.259 e. The Morgan fingerprint density at radius 2 is 2.13 bits per heavy atom. The maximum Gasteiger partial charge on any atom is 0.259 e. The van der Waals surface area contributed by atoms with Crippen LogP contribution < -0.4 is 10.2 Å². The molecule has 4 rings (SSSR count). The first-order valence-electron chi connectivity index (χ1n) is 10.8. The number of amides is 1. The van der Waals surface area contributed by atoms with Crippen LogP contribution in [0.3, 0.4) is 0 Å². The van der Waals surface area contributed by atoms with E-state index < -0.39 is 0 Å². The minimum Gasteiger partial charge on any atom is -0.395 e. The molecule has 2 aromatic carbocycles. The number of aryl methyl sites for hydroxylation is 1. The highest BCUT2D eigenvalue weighted by Gasteiger charge is 2.30. The average molecular weight is 414 g/mol. The van der Waals surface area contributed by atoms with Gasteiger partial charge >= 0.3 is 0 Å². The largest absolute Gasteiger partial charge is 0.395 e. The van der Waals surface area contributed by atoms with Gasteiger partial charge in [0.2, 0.25) is 0 Å². The number of aromatic nitrogens is 1. The predicted octanol–water partition coefficient (Wildman–Crippen LogP) is 3.68. The molecule has 1 fully saturated rings. The summed E-state index contributed by atoms with van der Waals surface area (Å²) in [5.74, 6) is 6.60. The third kappa shape index (κ3) is 4.61.